The van der Waals surface area contributed by atoms with E-state index in [0.717, 1.165) is 28.3 Å². The second kappa shape index (κ2) is 9.35. The van der Waals surface area contributed by atoms with Crippen LogP contribution in [0.5, 0.6) is 17.2 Å². The number of rotatable bonds is 7. The van der Waals surface area contributed by atoms with Crippen LogP contribution in [0.15, 0.2) is 59.0 Å². The quantitative estimate of drug-likeness (QED) is 0.510. The van der Waals surface area contributed by atoms with Gasteiger partial charge in [0.25, 0.3) is 5.91 Å². The zero-order chi connectivity index (χ0) is 22.7. The van der Waals surface area contributed by atoms with Crippen LogP contribution < -0.4 is 14.2 Å². The van der Waals surface area contributed by atoms with E-state index in [4.69, 9.17) is 14.2 Å². The van der Waals surface area contributed by atoms with Gasteiger partial charge in [-0.1, -0.05) is 12.1 Å². The number of thiophene rings is 1. The van der Waals surface area contributed by atoms with Gasteiger partial charge >= 0.3 is 0 Å². The van der Waals surface area contributed by atoms with Gasteiger partial charge in [0.2, 0.25) is 0 Å². The Balaban J connectivity index is 1.60. The largest absolute Gasteiger partial charge is 0.493 e. The molecule has 4 rings (SSSR count). The third-order valence-electron chi connectivity index (χ3n) is 5.01. The van der Waals surface area contributed by atoms with E-state index in [9.17, 15) is 13.6 Å². The molecule has 32 heavy (non-hydrogen) atoms. The fraction of sp³-hybridized carbons (Fsp3) is 0.217. The van der Waals surface area contributed by atoms with E-state index < -0.39 is 30.2 Å². The Hall–Kier alpha value is -3.46. The Labute approximate surface area is 187 Å². The van der Waals surface area contributed by atoms with Crippen molar-refractivity contribution in [2.24, 2.45) is 5.10 Å². The van der Waals surface area contributed by atoms with Crippen LogP contribution in [0.3, 0.4) is 0 Å². The van der Waals surface area contributed by atoms with Gasteiger partial charge in [-0.15, -0.1) is 11.3 Å². The molecule has 1 unspecified atom stereocenters. The summed E-state index contributed by atoms with van der Waals surface area (Å²) in [6, 6.07) is 11.8. The summed E-state index contributed by atoms with van der Waals surface area (Å²) in [5.74, 6) is -1.16. The minimum Gasteiger partial charge on any atom is -0.493 e. The summed E-state index contributed by atoms with van der Waals surface area (Å²) < 4.78 is 43.0. The molecule has 0 spiro atoms. The van der Waals surface area contributed by atoms with Gasteiger partial charge in [0.1, 0.15) is 5.82 Å². The molecule has 2 heterocycles. The number of carbonyl (C=O) groups is 1. The average molecular weight is 458 g/mol. The Kier molecular flexibility index (Phi) is 6.36. The van der Waals surface area contributed by atoms with Crippen molar-refractivity contribution >= 4 is 23.0 Å². The molecule has 1 atom stereocenters. The summed E-state index contributed by atoms with van der Waals surface area (Å²) >= 11 is 1.53. The van der Waals surface area contributed by atoms with Gasteiger partial charge in [0, 0.05) is 12.5 Å². The molecule has 0 saturated heterocycles. The molecule has 0 bridgehead atoms. The van der Waals surface area contributed by atoms with Gasteiger partial charge in [-0.3, -0.25) is 4.79 Å². The molecule has 1 aliphatic rings. The number of hydrogen-bond donors (Lipinski definition) is 0. The number of hydrogen-bond acceptors (Lipinski definition) is 6. The highest BCUT2D eigenvalue weighted by Crippen LogP contribution is 2.38. The smallest absolute Gasteiger partial charge is 0.281 e. The van der Waals surface area contributed by atoms with E-state index >= 15 is 0 Å². The lowest BCUT2D eigenvalue weighted by Gasteiger charge is -2.23. The van der Waals surface area contributed by atoms with E-state index in [0.29, 0.717) is 24.0 Å². The molecule has 0 radical (unpaired) electrons. The molecule has 1 aromatic heterocycles. The summed E-state index contributed by atoms with van der Waals surface area (Å²) in [6.45, 7) is -0.451. The highest BCUT2D eigenvalue weighted by atomic mass is 32.1. The summed E-state index contributed by atoms with van der Waals surface area (Å²) in [7, 11) is 3.09. The van der Waals surface area contributed by atoms with Crippen LogP contribution >= 0.6 is 11.3 Å². The molecule has 0 aliphatic carbocycles. The second-order valence-corrected chi connectivity index (χ2v) is 7.91. The van der Waals surface area contributed by atoms with Gasteiger partial charge in [-0.2, -0.15) is 5.10 Å². The topological polar surface area (TPSA) is 60.4 Å². The number of benzene rings is 2. The maximum absolute atomic E-state index is 13.9. The summed E-state index contributed by atoms with van der Waals surface area (Å²) in [5.41, 5.74) is 1.57. The molecular weight excluding hydrogens is 438 g/mol. The zero-order valence-electron chi connectivity index (χ0n) is 17.4. The van der Waals surface area contributed by atoms with E-state index in [1.807, 2.05) is 23.6 Å². The van der Waals surface area contributed by atoms with E-state index in [1.165, 1.54) is 23.5 Å². The molecule has 9 heteroatoms. The van der Waals surface area contributed by atoms with Crippen molar-refractivity contribution in [3.63, 3.8) is 0 Å². The Bertz CT molecular complexity index is 1150. The van der Waals surface area contributed by atoms with E-state index in [2.05, 4.69) is 5.10 Å². The summed E-state index contributed by atoms with van der Waals surface area (Å²) in [5, 5.41) is 7.82. The monoisotopic (exact) mass is 458 g/mol. The van der Waals surface area contributed by atoms with Crippen LogP contribution in [0, 0.1) is 11.6 Å². The van der Waals surface area contributed by atoms with Gasteiger partial charge in [-0.25, -0.2) is 13.8 Å². The Morgan fingerprint density at radius 1 is 1.09 bits per heavy atom. The average Bonchev–Trinajstić information content (AvgIpc) is 3.48. The predicted octanol–water partition coefficient (Wildman–Crippen LogP) is 4.80. The van der Waals surface area contributed by atoms with Crippen LogP contribution in [0.1, 0.15) is 22.9 Å². The third-order valence-corrected chi connectivity index (χ3v) is 5.93. The van der Waals surface area contributed by atoms with Gasteiger partial charge in [0.05, 0.1) is 30.9 Å². The van der Waals surface area contributed by atoms with Crippen molar-refractivity contribution in [1.29, 1.82) is 0 Å². The lowest BCUT2D eigenvalue weighted by Crippen LogP contribution is -2.31. The molecule has 0 fully saturated rings. The highest BCUT2D eigenvalue weighted by molar-refractivity contribution is 7.12. The van der Waals surface area contributed by atoms with Crippen LogP contribution in [-0.2, 0) is 4.79 Å². The standard InChI is InChI=1S/C23H20F2N2O4S/c1-29-20-7-5-14(10-21(20)30-2)18-12-17(22-4-3-9-32-22)26-27(18)23(28)13-31-19-8-6-15(24)11-16(19)25/h3-11,18H,12-13H2,1-2H3. The van der Waals surface area contributed by atoms with Crippen molar-refractivity contribution in [3.05, 3.63) is 76.0 Å². The van der Waals surface area contributed by atoms with E-state index in [1.54, 1.807) is 19.2 Å². The van der Waals surface area contributed by atoms with Crippen LogP contribution in [0.25, 0.3) is 0 Å². The van der Waals surface area contributed by atoms with Gasteiger partial charge in [-0.05, 0) is 41.3 Å². The SMILES string of the molecule is COc1ccc(C2CC(c3cccs3)=NN2C(=O)COc2ccc(F)cc2F)cc1OC. The molecule has 0 saturated carbocycles. The predicted molar refractivity (Wildman–Crippen MR) is 116 cm³/mol. The summed E-state index contributed by atoms with van der Waals surface area (Å²) in [6.07, 6.45) is 0.493. The molecule has 3 aromatic rings. The maximum atomic E-state index is 13.9. The number of halogens is 2. The number of hydrazone groups is 1. The van der Waals surface area contributed by atoms with Crippen molar-refractivity contribution in [1.82, 2.24) is 5.01 Å². The van der Waals surface area contributed by atoms with Crippen molar-refractivity contribution in [2.45, 2.75) is 12.5 Å². The normalized spacial score (nSPS) is 15.4. The minimum atomic E-state index is -0.876. The number of ether oxygens (including phenoxy) is 3. The lowest BCUT2D eigenvalue weighted by molar-refractivity contribution is -0.135. The van der Waals surface area contributed by atoms with Crippen LogP contribution in [0.2, 0.25) is 0 Å². The Morgan fingerprint density at radius 3 is 2.56 bits per heavy atom. The number of nitrogens with zero attached hydrogens (tertiary/aromatic N) is 2. The van der Waals surface area contributed by atoms with Crippen molar-refractivity contribution < 1.29 is 27.8 Å². The second-order valence-electron chi connectivity index (χ2n) is 6.96. The Morgan fingerprint density at radius 2 is 1.88 bits per heavy atom. The first-order valence-corrected chi connectivity index (χ1v) is 10.6. The number of methoxy groups -OCH3 is 2. The van der Waals surface area contributed by atoms with Gasteiger partial charge in [0.15, 0.2) is 29.7 Å². The molecule has 166 valence electrons. The maximum Gasteiger partial charge on any atom is 0.281 e. The minimum absolute atomic E-state index is 0.205. The molecular formula is C23H20F2N2O4S. The van der Waals surface area contributed by atoms with Crippen molar-refractivity contribution in [2.75, 3.05) is 20.8 Å². The molecule has 6 nitrogen and oxygen atoms in total. The first-order chi connectivity index (χ1) is 15.5. The lowest BCUT2D eigenvalue weighted by atomic mass is 10.0. The van der Waals surface area contributed by atoms with E-state index in [-0.39, 0.29) is 5.75 Å². The van der Waals surface area contributed by atoms with Crippen LogP contribution in [0.4, 0.5) is 8.78 Å². The molecule has 0 N–H and O–H groups in total. The fourth-order valence-electron chi connectivity index (χ4n) is 3.45. The first kappa shape index (κ1) is 21.8. The van der Waals surface area contributed by atoms with Crippen molar-refractivity contribution in [3.8, 4) is 17.2 Å². The molecule has 1 aliphatic heterocycles. The first-order valence-electron chi connectivity index (χ1n) is 9.73. The zero-order valence-corrected chi connectivity index (χ0v) is 18.2. The van der Waals surface area contributed by atoms with Gasteiger partial charge < -0.3 is 14.2 Å². The fourth-order valence-corrected chi connectivity index (χ4v) is 4.17. The number of amides is 1. The molecule has 1 amide bonds. The third kappa shape index (κ3) is 4.43. The van der Waals surface area contributed by atoms with Crippen LogP contribution in [-0.4, -0.2) is 37.5 Å². The number of carbonyl (C=O) groups excluding carboxylic acids is 1. The summed E-state index contributed by atoms with van der Waals surface area (Å²) in [4.78, 5) is 14.0. The highest BCUT2D eigenvalue weighted by Gasteiger charge is 2.34. The molecule has 2 aromatic carbocycles.